The summed E-state index contributed by atoms with van der Waals surface area (Å²) in [7, 11) is 0. The van der Waals surface area contributed by atoms with Crippen LogP contribution in [0.3, 0.4) is 0 Å². The van der Waals surface area contributed by atoms with Crippen LogP contribution in [0.1, 0.15) is 33.4 Å². The molecular weight excluding hydrogens is 400 g/mol. The van der Waals surface area contributed by atoms with Crippen molar-refractivity contribution in [1.29, 1.82) is 0 Å². The molecule has 0 unspecified atom stereocenters. The highest BCUT2D eigenvalue weighted by Crippen LogP contribution is 2.43. The first kappa shape index (κ1) is 21.1. The van der Waals surface area contributed by atoms with E-state index >= 15 is 0 Å². The molecule has 156 valence electrons. The van der Waals surface area contributed by atoms with Crippen LogP contribution in [0.15, 0.2) is 94.7 Å². The molecule has 0 aliphatic rings. The molecule has 0 radical (unpaired) electrons. The average Bonchev–Trinajstić information content (AvgIpc) is 2.76. The topological polar surface area (TPSA) is 40.5 Å². The third kappa shape index (κ3) is 5.12. The fourth-order valence-electron chi connectivity index (χ4n) is 3.81. The van der Waals surface area contributed by atoms with E-state index in [-0.39, 0.29) is 11.5 Å². The molecule has 0 saturated heterocycles. The molecule has 0 atom stereocenters. The third-order valence-corrected chi connectivity index (χ3v) is 6.35. The largest absolute Gasteiger partial charge is 0.506 e. The van der Waals surface area contributed by atoms with Gasteiger partial charge in [0.15, 0.2) is 0 Å². The van der Waals surface area contributed by atoms with Crippen LogP contribution in [0.4, 0.5) is 0 Å². The quantitative estimate of drug-likeness (QED) is 0.347. The minimum absolute atomic E-state index is 0.282. The van der Waals surface area contributed by atoms with Crippen LogP contribution in [-0.4, -0.2) is 10.2 Å². The van der Waals surface area contributed by atoms with Crippen LogP contribution in [0.5, 0.6) is 11.5 Å². The number of hydrogen-bond acceptors (Lipinski definition) is 3. The van der Waals surface area contributed by atoms with Gasteiger partial charge in [0.1, 0.15) is 11.5 Å². The second kappa shape index (κ2) is 9.32. The maximum absolute atomic E-state index is 11.0. The number of rotatable bonds is 6. The van der Waals surface area contributed by atoms with Crippen molar-refractivity contribution in [3.8, 4) is 11.5 Å². The van der Waals surface area contributed by atoms with E-state index in [1.165, 1.54) is 11.8 Å². The summed E-state index contributed by atoms with van der Waals surface area (Å²) in [5.41, 5.74) is 6.27. The van der Waals surface area contributed by atoms with Crippen molar-refractivity contribution in [2.24, 2.45) is 0 Å². The standard InChI is InChI=1S/C28H26O2S/c1-19-13-23(17-21-9-5-3-6-10-21)27(29)25(15-19)31-26-16-20(2)14-24(28(26)30)18-22-11-7-4-8-12-22/h3-16,29-30H,17-18H2,1-2H3. The third-order valence-electron chi connectivity index (χ3n) is 5.29. The van der Waals surface area contributed by atoms with Gasteiger partial charge in [0.25, 0.3) is 0 Å². The summed E-state index contributed by atoms with van der Waals surface area (Å²) in [6.07, 6.45) is 1.34. The molecule has 0 spiro atoms. The fraction of sp³-hybridized carbons (Fsp3) is 0.143. The van der Waals surface area contributed by atoms with Crippen LogP contribution in [0.25, 0.3) is 0 Å². The van der Waals surface area contributed by atoms with Crippen LogP contribution >= 0.6 is 11.8 Å². The van der Waals surface area contributed by atoms with Gasteiger partial charge in [0, 0.05) is 12.8 Å². The molecule has 4 aromatic rings. The van der Waals surface area contributed by atoms with Crippen molar-refractivity contribution < 1.29 is 10.2 Å². The summed E-state index contributed by atoms with van der Waals surface area (Å²) in [4.78, 5) is 1.52. The first-order valence-corrected chi connectivity index (χ1v) is 11.2. The summed E-state index contributed by atoms with van der Waals surface area (Å²) in [5, 5.41) is 22.0. The first-order valence-electron chi connectivity index (χ1n) is 10.4. The Balaban J connectivity index is 1.66. The second-order valence-corrected chi connectivity index (χ2v) is 9.05. The van der Waals surface area contributed by atoms with Crippen molar-refractivity contribution >= 4 is 11.8 Å². The van der Waals surface area contributed by atoms with Gasteiger partial charge < -0.3 is 10.2 Å². The number of aryl methyl sites for hydroxylation is 2. The Hall–Kier alpha value is -3.17. The molecule has 0 amide bonds. The highest BCUT2D eigenvalue weighted by atomic mass is 32.2. The smallest absolute Gasteiger partial charge is 0.133 e. The predicted molar refractivity (Wildman–Crippen MR) is 128 cm³/mol. The van der Waals surface area contributed by atoms with Crippen LogP contribution in [-0.2, 0) is 12.8 Å². The van der Waals surface area contributed by atoms with E-state index in [9.17, 15) is 10.2 Å². The summed E-state index contributed by atoms with van der Waals surface area (Å²) < 4.78 is 0. The number of hydrogen-bond donors (Lipinski definition) is 2. The van der Waals surface area contributed by atoms with E-state index in [0.717, 1.165) is 43.2 Å². The Morgan fingerprint density at radius 2 is 0.968 bits per heavy atom. The molecule has 4 aromatic carbocycles. The first-order chi connectivity index (χ1) is 15.0. The summed E-state index contributed by atoms with van der Waals surface area (Å²) >= 11 is 1.42. The fourth-order valence-corrected chi connectivity index (χ4v) is 4.99. The van der Waals surface area contributed by atoms with Gasteiger partial charge >= 0.3 is 0 Å². The summed E-state index contributed by atoms with van der Waals surface area (Å²) in [6, 6.07) is 28.3. The van der Waals surface area contributed by atoms with Crippen LogP contribution < -0.4 is 0 Å². The predicted octanol–water partition coefficient (Wildman–Crippen LogP) is 7.05. The molecular formula is C28H26O2S. The van der Waals surface area contributed by atoms with E-state index in [1.54, 1.807) is 0 Å². The van der Waals surface area contributed by atoms with Crippen molar-refractivity contribution in [3.63, 3.8) is 0 Å². The van der Waals surface area contributed by atoms with Gasteiger partial charge in [0.05, 0.1) is 9.79 Å². The Morgan fingerprint density at radius 3 is 1.35 bits per heavy atom. The summed E-state index contributed by atoms with van der Waals surface area (Å²) in [6.45, 7) is 4.07. The van der Waals surface area contributed by atoms with E-state index in [2.05, 4.69) is 24.3 Å². The number of phenols is 2. The van der Waals surface area contributed by atoms with Crippen LogP contribution in [0, 0.1) is 13.8 Å². The average molecular weight is 427 g/mol. The van der Waals surface area contributed by atoms with Gasteiger partial charge in [-0.25, -0.2) is 0 Å². The van der Waals surface area contributed by atoms with Gasteiger partial charge in [-0.05, 0) is 59.4 Å². The van der Waals surface area contributed by atoms with E-state index in [1.807, 2.05) is 74.5 Å². The molecule has 2 N–H and O–H groups in total. The monoisotopic (exact) mass is 426 g/mol. The molecule has 4 rings (SSSR count). The molecule has 0 heterocycles. The van der Waals surface area contributed by atoms with Crippen molar-refractivity contribution in [2.75, 3.05) is 0 Å². The molecule has 31 heavy (non-hydrogen) atoms. The number of aromatic hydroxyl groups is 2. The van der Waals surface area contributed by atoms with Crippen molar-refractivity contribution in [1.82, 2.24) is 0 Å². The molecule has 2 nitrogen and oxygen atoms in total. The zero-order valence-corrected chi connectivity index (χ0v) is 18.6. The Labute approximate surface area is 188 Å². The molecule has 0 fully saturated rings. The Morgan fingerprint density at radius 1 is 0.581 bits per heavy atom. The van der Waals surface area contributed by atoms with Gasteiger partial charge in [-0.3, -0.25) is 0 Å². The maximum atomic E-state index is 11.0. The van der Waals surface area contributed by atoms with Gasteiger partial charge in [0.2, 0.25) is 0 Å². The van der Waals surface area contributed by atoms with Gasteiger partial charge in [-0.15, -0.1) is 0 Å². The highest BCUT2D eigenvalue weighted by Gasteiger charge is 2.15. The lowest BCUT2D eigenvalue weighted by Crippen LogP contribution is -1.94. The Kier molecular flexibility index (Phi) is 6.34. The van der Waals surface area contributed by atoms with Gasteiger partial charge in [-0.2, -0.15) is 0 Å². The molecule has 0 aliphatic carbocycles. The molecule has 0 aliphatic heterocycles. The zero-order valence-electron chi connectivity index (χ0n) is 17.8. The number of phenolic OH excluding ortho intramolecular Hbond substituents is 2. The lowest BCUT2D eigenvalue weighted by molar-refractivity contribution is 0.453. The SMILES string of the molecule is Cc1cc(Cc2ccccc2)c(O)c(Sc2cc(C)cc(Cc3ccccc3)c2O)c1. The lowest BCUT2D eigenvalue weighted by Gasteiger charge is -2.15. The number of benzene rings is 4. The van der Waals surface area contributed by atoms with E-state index in [0.29, 0.717) is 12.8 Å². The zero-order chi connectivity index (χ0) is 21.8. The van der Waals surface area contributed by atoms with E-state index < -0.39 is 0 Å². The van der Waals surface area contributed by atoms with E-state index in [4.69, 9.17) is 0 Å². The lowest BCUT2D eigenvalue weighted by atomic mass is 10.0. The minimum atomic E-state index is 0.282. The minimum Gasteiger partial charge on any atom is -0.506 e. The maximum Gasteiger partial charge on any atom is 0.133 e. The van der Waals surface area contributed by atoms with Crippen molar-refractivity contribution in [2.45, 2.75) is 36.5 Å². The Bertz CT molecular complexity index is 1090. The van der Waals surface area contributed by atoms with Crippen molar-refractivity contribution in [3.05, 3.63) is 118 Å². The second-order valence-electron chi connectivity index (χ2n) is 7.97. The van der Waals surface area contributed by atoms with Gasteiger partial charge in [-0.1, -0.05) is 84.6 Å². The normalized spacial score (nSPS) is 10.9. The molecule has 0 saturated carbocycles. The molecule has 0 aromatic heterocycles. The summed E-state index contributed by atoms with van der Waals surface area (Å²) in [5.74, 6) is 0.565. The molecule has 0 bridgehead atoms. The van der Waals surface area contributed by atoms with Crippen LogP contribution in [0.2, 0.25) is 0 Å². The molecule has 3 heteroatoms. The highest BCUT2D eigenvalue weighted by molar-refractivity contribution is 7.99.